The molecule has 2 aliphatic heterocycles. The number of nitrogens with one attached hydrogen (secondary N) is 2. The Morgan fingerprint density at radius 2 is 2.00 bits per heavy atom. The number of piperidine rings is 1. The first kappa shape index (κ1) is 14.7. The van der Waals surface area contributed by atoms with E-state index in [1.165, 1.54) is 0 Å². The first-order valence-corrected chi connectivity index (χ1v) is 7.24. The van der Waals surface area contributed by atoms with Gasteiger partial charge in [-0.3, -0.25) is 14.9 Å². The molecule has 22 heavy (non-hydrogen) atoms. The van der Waals surface area contributed by atoms with Crippen LogP contribution in [0.15, 0.2) is 12.1 Å². The van der Waals surface area contributed by atoms with Crippen molar-refractivity contribution in [3.05, 3.63) is 33.6 Å². The van der Waals surface area contributed by atoms with Gasteiger partial charge in [-0.15, -0.1) is 0 Å². The minimum absolute atomic E-state index is 0.0204. The normalized spacial score (nSPS) is 26.7. The molecule has 0 aromatic heterocycles. The van der Waals surface area contributed by atoms with Gasteiger partial charge in [0.1, 0.15) is 11.5 Å². The lowest BCUT2D eigenvalue weighted by molar-refractivity contribution is -0.384. The van der Waals surface area contributed by atoms with E-state index in [1.807, 2.05) is 0 Å². The molecule has 118 valence electrons. The molecule has 7 nitrogen and oxygen atoms in total. The highest BCUT2D eigenvalue weighted by molar-refractivity contribution is 6.01. The second-order valence-corrected chi connectivity index (χ2v) is 5.92. The van der Waals surface area contributed by atoms with Gasteiger partial charge in [0.2, 0.25) is 0 Å². The second kappa shape index (κ2) is 5.53. The third-order valence-corrected chi connectivity index (χ3v) is 4.37. The molecule has 2 aliphatic rings. The van der Waals surface area contributed by atoms with Gasteiger partial charge in [0, 0.05) is 18.1 Å². The third-order valence-electron chi connectivity index (χ3n) is 4.37. The summed E-state index contributed by atoms with van der Waals surface area (Å²) in [4.78, 5) is 22.4. The van der Waals surface area contributed by atoms with Gasteiger partial charge < -0.3 is 16.4 Å². The van der Waals surface area contributed by atoms with Crippen LogP contribution in [0.4, 0.5) is 15.8 Å². The average Bonchev–Trinajstić information content (AvgIpc) is 2.79. The summed E-state index contributed by atoms with van der Waals surface area (Å²) in [5, 5.41) is 17.1. The van der Waals surface area contributed by atoms with E-state index in [0.29, 0.717) is 12.1 Å². The second-order valence-electron chi connectivity index (χ2n) is 5.92. The van der Waals surface area contributed by atoms with Crippen molar-refractivity contribution in [3.63, 3.8) is 0 Å². The van der Waals surface area contributed by atoms with Crippen molar-refractivity contribution in [2.24, 2.45) is 0 Å². The highest BCUT2D eigenvalue weighted by Crippen LogP contribution is 2.29. The molecule has 2 atom stereocenters. The summed E-state index contributed by atoms with van der Waals surface area (Å²) in [6.45, 7) is 0. The Balaban J connectivity index is 1.79. The zero-order valence-corrected chi connectivity index (χ0v) is 11.8. The summed E-state index contributed by atoms with van der Waals surface area (Å²) in [7, 11) is 0. The van der Waals surface area contributed by atoms with Crippen molar-refractivity contribution in [1.82, 2.24) is 10.6 Å². The Kier molecular flexibility index (Phi) is 3.69. The minimum atomic E-state index is -0.851. The Labute approximate surface area is 126 Å². The lowest BCUT2D eigenvalue weighted by Gasteiger charge is -2.29. The number of nitrogens with zero attached hydrogens (tertiary/aromatic N) is 1. The van der Waals surface area contributed by atoms with Crippen LogP contribution in [0.2, 0.25) is 0 Å². The highest BCUT2D eigenvalue weighted by Gasteiger charge is 2.34. The predicted molar refractivity (Wildman–Crippen MR) is 77.9 cm³/mol. The number of benzene rings is 1. The van der Waals surface area contributed by atoms with Gasteiger partial charge in [0.05, 0.1) is 16.6 Å². The van der Waals surface area contributed by atoms with Crippen LogP contribution in [-0.4, -0.2) is 29.0 Å². The molecule has 2 unspecified atom stereocenters. The van der Waals surface area contributed by atoms with Crippen LogP contribution >= 0.6 is 0 Å². The smallest absolute Gasteiger partial charge is 0.295 e. The van der Waals surface area contributed by atoms with E-state index in [1.54, 1.807) is 0 Å². The molecule has 2 fully saturated rings. The summed E-state index contributed by atoms with van der Waals surface area (Å²) in [6.07, 6.45) is 3.79. The molecule has 0 saturated carbocycles. The highest BCUT2D eigenvalue weighted by atomic mass is 19.1. The summed E-state index contributed by atoms with van der Waals surface area (Å²) in [5.41, 5.74) is 4.57. The molecule has 1 amide bonds. The number of carbonyl (C=O) groups excluding carboxylic acids is 1. The number of halogens is 1. The SMILES string of the molecule is Nc1c(C(=O)NC2CC3CCC(C2)N3)cc(F)cc1[N+](=O)[O-]. The maximum Gasteiger partial charge on any atom is 0.295 e. The Morgan fingerprint density at radius 1 is 1.36 bits per heavy atom. The quantitative estimate of drug-likeness (QED) is 0.443. The maximum absolute atomic E-state index is 13.5. The van der Waals surface area contributed by atoms with Crippen LogP contribution in [-0.2, 0) is 0 Å². The number of nitrogens with two attached hydrogens (primary N) is 1. The number of nitro benzene ring substituents is 1. The van der Waals surface area contributed by atoms with Crippen molar-refractivity contribution < 1.29 is 14.1 Å². The topological polar surface area (TPSA) is 110 Å². The van der Waals surface area contributed by atoms with E-state index in [-0.39, 0.29) is 17.3 Å². The number of hydrogen-bond acceptors (Lipinski definition) is 5. The molecule has 2 bridgehead atoms. The summed E-state index contributed by atoms with van der Waals surface area (Å²) < 4.78 is 13.5. The number of nitrogen functional groups attached to an aromatic ring is 1. The van der Waals surface area contributed by atoms with Gasteiger partial charge in [0.15, 0.2) is 0 Å². The number of amides is 1. The fraction of sp³-hybridized carbons (Fsp3) is 0.500. The maximum atomic E-state index is 13.5. The fourth-order valence-corrected chi connectivity index (χ4v) is 3.38. The number of nitro groups is 1. The Hall–Kier alpha value is -2.22. The fourth-order valence-electron chi connectivity index (χ4n) is 3.38. The van der Waals surface area contributed by atoms with Gasteiger partial charge in [0.25, 0.3) is 11.6 Å². The van der Waals surface area contributed by atoms with E-state index in [0.717, 1.165) is 37.8 Å². The number of anilines is 1. The predicted octanol–water partition coefficient (Wildman–Crippen LogP) is 1.33. The summed E-state index contributed by atoms with van der Waals surface area (Å²) >= 11 is 0. The third kappa shape index (κ3) is 2.74. The summed E-state index contributed by atoms with van der Waals surface area (Å²) in [6, 6.07) is 2.42. The van der Waals surface area contributed by atoms with Crippen LogP contribution in [0.25, 0.3) is 0 Å². The van der Waals surface area contributed by atoms with E-state index >= 15 is 0 Å². The molecule has 3 rings (SSSR count). The Bertz CT molecular complexity index is 625. The van der Waals surface area contributed by atoms with Crippen LogP contribution in [0, 0.1) is 15.9 Å². The van der Waals surface area contributed by atoms with Crippen LogP contribution in [0.1, 0.15) is 36.0 Å². The van der Waals surface area contributed by atoms with Gasteiger partial charge in [-0.25, -0.2) is 4.39 Å². The van der Waals surface area contributed by atoms with Crippen LogP contribution in [0.5, 0.6) is 0 Å². The van der Waals surface area contributed by atoms with Crippen LogP contribution < -0.4 is 16.4 Å². The number of carbonyl (C=O) groups is 1. The minimum Gasteiger partial charge on any atom is -0.393 e. The molecule has 1 aromatic carbocycles. The number of hydrogen-bond donors (Lipinski definition) is 3. The van der Waals surface area contributed by atoms with E-state index < -0.39 is 22.3 Å². The molecule has 0 radical (unpaired) electrons. The molecule has 4 N–H and O–H groups in total. The van der Waals surface area contributed by atoms with Gasteiger partial charge in [-0.2, -0.15) is 0 Å². The van der Waals surface area contributed by atoms with Gasteiger partial charge >= 0.3 is 0 Å². The van der Waals surface area contributed by atoms with Crippen molar-refractivity contribution in [2.45, 2.75) is 43.8 Å². The van der Waals surface area contributed by atoms with Crippen molar-refractivity contribution >= 4 is 17.3 Å². The Morgan fingerprint density at radius 3 is 2.59 bits per heavy atom. The van der Waals surface area contributed by atoms with E-state index in [2.05, 4.69) is 10.6 Å². The first-order chi connectivity index (χ1) is 10.4. The van der Waals surface area contributed by atoms with E-state index in [9.17, 15) is 19.3 Å². The zero-order chi connectivity index (χ0) is 15.9. The van der Waals surface area contributed by atoms with E-state index in [4.69, 9.17) is 5.73 Å². The standard InChI is InChI=1S/C14H17FN4O3/c15-7-3-11(13(16)12(4-7)19(21)22)14(20)18-10-5-8-1-2-9(6-10)17-8/h3-4,8-10,17H,1-2,5-6,16H2,(H,18,20). The molecule has 2 saturated heterocycles. The number of fused-ring (bicyclic) bond motifs is 2. The molecule has 1 aromatic rings. The molecule has 0 spiro atoms. The molecule has 2 heterocycles. The monoisotopic (exact) mass is 308 g/mol. The van der Waals surface area contributed by atoms with Gasteiger partial charge in [-0.1, -0.05) is 0 Å². The number of rotatable bonds is 3. The zero-order valence-electron chi connectivity index (χ0n) is 11.8. The van der Waals surface area contributed by atoms with Crippen molar-refractivity contribution in [2.75, 3.05) is 5.73 Å². The lowest BCUT2D eigenvalue weighted by Crippen LogP contribution is -2.48. The lowest BCUT2D eigenvalue weighted by atomic mass is 9.99. The average molecular weight is 308 g/mol. The first-order valence-electron chi connectivity index (χ1n) is 7.24. The van der Waals surface area contributed by atoms with Crippen LogP contribution in [0.3, 0.4) is 0 Å². The molecule has 0 aliphatic carbocycles. The molecular formula is C14H17FN4O3. The van der Waals surface area contributed by atoms with Gasteiger partial charge in [-0.05, 0) is 31.7 Å². The summed E-state index contributed by atoms with van der Waals surface area (Å²) in [5.74, 6) is -1.41. The molecular weight excluding hydrogens is 291 g/mol. The van der Waals surface area contributed by atoms with Crippen molar-refractivity contribution in [1.29, 1.82) is 0 Å². The molecule has 8 heteroatoms. The van der Waals surface area contributed by atoms with Crippen molar-refractivity contribution in [3.8, 4) is 0 Å². The largest absolute Gasteiger partial charge is 0.393 e.